The molecule has 0 fully saturated rings. The Balaban J connectivity index is 2.07. The number of benzene rings is 2. The standard InChI is InChI=1S/C18H13N3O2/c1-11-6-8-12(9-7-11)10-15-17(23)21-16(22)13-4-2-3-5-14(13)19-18(21)20-15/h2-10H,1H3,(H,19,20). The van der Waals surface area contributed by atoms with Gasteiger partial charge >= 0.3 is 0 Å². The smallest absolute Gasteiger partial charge is 0.284 e. The zero-order valence-corrected chi connectivity index (χ0v) is 12.4. The Labute approximate surface area is 130 Å². The van der Waals surface area contributed by atoms with Crippen molar-refractivity contribution >= 4 is 22.8 Å². The van der Waals surface area contributed by atoms with Gasteiger partial charge in [0.25, 0.3) is 11.1 Å². The van der Waals surface area contributed by atoms with E-state index in [9.17, 15) is 9.59 Å². The first-order valence-corrected chi connectivity index (χ1v) is 7.25. The first-order valence-electron chi connectivity index (χ1n) is 7.25. The number of nitrogens with zero attached hydrogens (tertiary/aromatic N) is 2. The van der Waals surface area contributed by atoms with Crippen LogP contribution in [0.3, 0.4) is 0 Å². The predicted molar refractivity (Wildman–Crippen MR) is 89.6 cm³/mol. The Morgan fingerprint density at radius 3 is 2.52 bits per heavy atom. The molecule has 0 bridgehead atoms. The molecule has 2 aromatic carbocycles. The molecule has 0 aliphatic carbocycles. The van der Waals surface area contributed by atoms with Crippen molar-refractivity contribution < 1.29 is 0 Å². The maximum absolute atomic E-state index is 12.5. The van der Waals surface area contributed by atoms with Crippen LogP contribution in [0, 0.1) is 6.92 Å². The summed E-state index contributed by atoms with van der Waals surface area (Å²) in [5, 5.41) is 0.775. The topological polar surface area (TPSA) is 67.2 Å². The molecule has 4 rings (SSSR count). The van der Waals surface area contributed by atoms with Crippen LogP contribution in [0.5, 0.6) is 0 Å². The van der Waals surface area contributed by atoms with Crippen molar-refractivity contribution in [1.82, 2.24) is 14.4 Å². The van der Waals surface area contributed by atoms with Gasteiger partial charge < -0.3 is 4.98 Å². The van der Waals surface area contributed by atoms with Crippen LogP contribution in [0.2, 0.25) is 0 Å². The molecule has 0 radical (unpaired) electrons. The summed E-state index contributed by atoms with van der Waals surface area (Å²) in [5.74, 6) is 0.261. The molecule has 0 spiro atoms. The molecule has 0 aliphatic heterocycles. The van der Waals surface area contributed by atoms with Gasteiger partial charge in [-0.15, -0.1) is 0 Å². The minimum atomic E-state index is -0.385. The number of aromatic amines is 1. The Hall–Kier alpha value is -3.21. The highest BCUT2D eigenvalue weighted by Gasteiger charge is 2.10. The monoisotopic (exact) mass is 303 g/mol. The summed E-state index contributed by atoms with van der Waals surface area (Å²) >= 11 is 0. The second-order valence-electron chi connectivity index (χ2n) is 5.49. The van der Waals surface area contributed by atoms with Crippen LogP contribution in [0.15, 0.2) is 58.1 Å². The first-order chi connectivity index (χ1) is 11.1. The molecule has 0 atom stereocenters. The fourth-order valence-electron chi connectivity index (χ4n) is 2.63. The van der Waals surface area contributed by atoms with Gasteiger partial charge in [-0.1, -0.05) is 42.0 Å². The predicted octanol–water partition coefficient (Wildman–Crippen LogP) is 1.39. The molecule has 2 aromatic heterocycles. The summed E-state index contributed by atoms with van der Waals surface area (Å²) < 4.78 is 1.09. The fourth-order valence-corrected chi connectivity index (χ4v) is 2.63. The van der Waals surface area contributed by atoms with Crippen molar-refractivity contribution in [3.63, 3.8) is 0 Å². The van der Waals surface area contributed by atoms with E-state index in [1.54, 1.807) is 24.3 Å². The average Bonchev–Trinajstić information content (AvgIpc) is 2.86. The minimum absolute atomic E-state index is 0.261. The number of nitrogens with one attached hydrogen (secondary N) is 1. The van der Waals surface area contributed by atoms with Crippen molar-refractivity contribution in [2.24, 2.45) is 0 Å². The van der Waals surface area contributed by atoms with Crippen LogP contribution in [0.25, 0.3) is 22.8 Å². The third-order valence-corrected chi connectivity index (χ3v) is 3.84. The molecule has 112 valence electrons. The Morgan fingerprint density at radius 2 is 1.74 bits per heavy atom. The number of hydrogen-bond donors (Lipinski definition) is 1. The van der Waals surface area contributed by atoms with Gasteiger partial charge in [0.15, 0.2) is 0 Å². The Bertz CT molecular complexity index is 1200. The highest BCUT2D eigenvalue weighted by molar-refractivity contribution is 5.78. The largest absolute Gasteiger partial charge is 0.320 e. The van der Waals surface area contributed by atoms with E-state index in [-0.39, 0.29) is 16.9 Å². The van der Waals surface area contributed by atoms with E-state index >= 15 is 0 Å². The Morgan fingerprint density at radius 1 is 1.00 bits per heavy atom. The maximum atomic E-state index is 12.5. The van der Waals surface area contributed by atoms with Crippen LogP contribution in [-0.4, -0.2) is 14.4 Å². The van der Waals surface area contributed by atoms with Crippen molar-refractivity contribution in [3.05, 3.63) is 85.7 Å². The molecular weight excluding hydrogens is 290 g/mol. The number of aryl methyl sites for hydroxylation is 1. The van der Waals surface area contributed by atoms with E-state index in [4.69, 9.17) is 0 Å². The summed E-state index contributed by atoms with van der Waals surface area (Å²) in [5.41, 5.74) is 1.86. The van der Waals surface area contributed by atoms with Gasteiger partial charge in [0, 0.05) is 0 Å². The number of para-hydroxylation sites is 1. The molecule has 0 saturated carbocycles. The lowest BCUT2D eigenvalue weighted by atomic mass is 10.1. The molecule has 23 heavy (non-hydrogen) atoms. The van der Waals surface area contributed by atoms with E-state index in [1.165, 1.54) is 0 Å². The van der Waals surface area contributed by atoms with E-state index in [0.29, 0.717) is 16.3 Å². The zero-order chi connectivity index (χ0) is 16.0. The number of hydrogen-bond acceptors (Lipinski definition) is 3. The zero-order valence-electron chi connectivity index (χ0n) is 12.4. The first kappa shape index (κ1) is 13.5. The van der Waals surface area contributed by atoms with Gasteiger partial charge in [-0.05, 0) is 30.7 Å². The summed E-state index contributed by atoms with van der Waals surface area (Å²) in [7, 11) is 0. The van der Waals surface area contributed by atoms with Crippen molar-refractivity contribution in [2.45, 2.75) is 6.92 Å². The highest BCUT2D eigenvalue weighted by Crippen LogP contribution is 2.06. The number of imidazole rings is 1. The molecule has 1 N–H and O–H groups in total. The minimum Gasteiger partial charge on any atom is -0.320 e. The lowest BCUT2D eigenvalue weighted by Gasteiger charge is -1.96. The van der Waals surface area contributed by atoms with Gasteiger partial charge in [0.1, 0.15) is 5.35 Å². The molecule has 0 saturated heterocycles. The fraction of sp³-hybridized carbons (Fsp3) is 0.0556. The van der Waals surface area contributed by atoms with Gasteiger partial charge in [-0.3, -0.25) is 9.59 Å². The van der Waals surface area contributed by atoms with Crippen LogP contribution >= 0.6 is 0 Å². The highest BCUT2D eigenvalue weighted by atomic mass is 16.2. The van der Waals surface area contributed by atoms with Crippen LogP contribution in [-0.2, 0) is 0 Å². The molecule has 5 heteroatoms. The number of rotatable bonds is 1. The van der Waals surface area contributed by atoms with Crippen molar-refractivity contribution in [2.75, 3.05) is 0 Å². The second-order valence-corrected chi connectivity index (χ2v) is 5.49. The SMILES string of the molecule is Cc1ccc(C=c2[nH]c3nc4ccccc4c(=O)n3c2=O)cc1. The number of H-pyrrole nitrogens is 1. The molecular formula is C18H13N3O2. The van der Waals surface area contributed by atoms with Crippen molar-refractivity contribution in [3.8, 4) is 0 Å². The number of fused-ring (bicyclic) bond motifs is 2. The normalized spacial score (nSPS) is 12.3. The van der Waals surface area contributed by atoms with Gasteiger partial charge in [-0.2, -0.15) is 0 Å². The van der Waals surface area contributed by atoms with Gasteiger partial charge in [-0.25, -0.2) is 9.38 Å². The van der Waals surface area contributed by atoms with E-state index < -0.39 is 0 Å². The average molecular weight is 303 g/mol. The molecule has 0 aliphatic rings. The summed E-state index contributed by atoms with van der Waals surface area (Å²) in [6, 6.07) is 14.8. The molecule has 5 nitrogen and oxygen atoms in total. The molecule has 4 aromatic rings. The van der Waals surface area contributed by atoms with Crippen molar-refractivity contribution in [1.29, 1.82) is 0 Å². The lowest BCUT2D eigenvalue weighted by molar-refractivity contribution is 1.05. The Kier molecular flexibility index (Phi) is 2.87. The quantitative estimate of drug-likeness (QED) is 0.578. The summed E-state index contributed by atoms with van der Waals surface area (Å²) in [4.78, 5) is 32.3. The number of aromatic nitrogens is 3. The van der Waals surface area contributed by atoms with Crippen LogP contribution in [0.4, 0.5) is 0 Å². The van der Waals surface area contributed by atoms with E-state index in [0.717, 1.165) is 15.5 Å². The van der Waals surface area contributed by atoms with Gasteiger partial charge in [0.2, 0.25) is 5.78 Å². The summed E-state index contributed by atoms with van der Waals surface area (Å²) in [6.07, 6.45) is 1.72. The van der Waals surface area contributed by atoms with Crippen LogP contribution < -0.4 is 16.5 Å². The van der Waals surface area contributed by atoms with Crippen LogP contribution in [0.1, 0.15) is 11.1 Å². The third kappa shape index (κ3) is 2.14. The second kappa shape index (κ2) is 4.91. The van der Waals surface area contributed by atoms with Gasteiger partial charge in [0.05, 0.1) is 10.9 Å². The molecule has 0 unspecified atom stereocenters. The molecule has 0 amide bonds. The molecule has 2 heterocycles. The third-order valence-electron chi connectivity index (χ3n) is 3.84. The maximum Gasteiger partial charge on any atom is 0.284 e. The van der Waals surface area contributed by atoms with E-state index in [2.05, 4.69) is 9.97 Å². The summed E-state index contributed by atoms with van der Waals surface area (Å²) in [6.45, 7) is 2.00. The van der Waals surface area contributed by atoms with E-state index in [1.807, 2.05) is 37.3 Å². The lowest BCUT2D eigenvalue weighted by Crippen LogP contribution is -2.31.